The average molecular weight is 437 g/mol. The predicted molar refractivity (Wildman–Crippen MR) is 107 cm³/mol. The first kappa shape index (κ1) is 18.0. The van der Waals surface area contributed by atoms with E-state index in [4.69, 9.17) is 11.6 Å². The summed E-state index contributed by atoms with van der Waals surface area (Å²) in [5.74, 6) is -0.246. The summed E-state index contributed by atoms with van der Waals surface area (Å²) in [7, 11) is 0. The second-order valence-electron chi connectivity index (χ2n) is 5.35. The van der Waals surface area contributed by atoms with Gasteiger partial charge in [-0.1, -0.05) is 39.7 Å². The van der Waals surface area contributed by atoms with Crippen molar-refractivity contribution in [3.63, 3.8) is 0 Å². The van der Waals surface area contributed by atoms with Crippen molar-refractivity contribution in [1.82, 2.24) is 9.78 Å². The number of halogens is 2. The highest BCUT2D eigenvalue weighted by Gasteiger charge is 2.12. The summed E-state index contributed by atoms with van der Waals surface area (Å²) in [4.78, 5) is 13.4. The molecule has 25 heavy (non-hydrogen) atoms. The fourth-order valence-corrected chi connectivity index (χ4v) is 3.20. The third-order valence-corrected chi connectivity index (χ3v) is 5.15. The maximum Gasteiger partial charge on any atom is 0.257 e. The molecule has 1 heterocycles. The van der Waals surface area contributed by atoms with E-state index in [1.54, 1.807) is 41.0 Å². The van der Waals surface area contributed by atoms with E-state index in [0.717, 1.165) is 14.9 Å². The molecule has 0 saturated heterocycles. The lowest BCUT2D eigenvalue weighted by molar-refractivity contribution is 0.102. The normalized spacial score (nSPS) is 10.7. The molecule has 0 fully saturated rings. The van der Waals surface area contributed by atoms with Crippen LogP contribution in [0, 0.1) is 0 Å². The van der Waals surface area contributed by atoms with Crippen LogP contribution in [0.4, 0.5) is 5.69 Å². The van der Waals surface area contributed by atoms with E-state index < -0.39 is 0 Å². The van der Waals surface area contributed by atoms with Gasteiger partial charge in [-0.15, -0.1) is 11.8 Å². The van der Waals surface area contributed by atoms with Crippen LogP contribution in [0.5, 0.6) is 0 Å². The molecule has 1 amide bonds. The van der Waals surface area contributed by atoms with Crippen LogP contribution in [0.2, 0.25) is 5.02 Å². The number of anilines is 1. The zero-order valence-electron chi connectivity index (χ0n) is 13.4. The summed E-state index contributed by atoms with van der Waals surface area (Å²) in [5, 5.41) is 7.56. The van der Waals surface area contributed by atoms with E-state index in [1.807, 2.05) is 36.6 Å². The van der Waals surface area contributed by atoms with Crippen molar-refractivity contribution >= 4 is 50.9 Å². The topological polar surface area (TPSA) is 46.9 Å². The number of hydrogen-bond acceptors (Lipinski definition) is 3. The van der Waals surface area contributed by atoms with Gasteiger partial charge in [0.05, 0.1) is 29.0 Å². The lowest BCUT2D eigenvalue weighted by Crippen LogP contribution is -2.12. The molecule has 0 radical (unpaired) electrons. The molecule has 0 spiro atoms. The first-order chi connectivity index (χ1) is 12.0. The van der Waals surface area contributed by atoms with Crippen molar-refractivity contribution in [3.05, 3.63) is 75.5 Å². The molecule has 0 bridgehead atoms. The summed E-state index contributed by atoms with van der Waals surface area (Å²) in [6.07, 6.45) is 5.38. The number of carbonyl (C=O) groups is 1. The van der Waals surface area contributed by atoms with Gasteiger partial charge in [0, 0.05) is 15.6 Å². The molecule has 0 aliphatic rings. The molecule has 4 nitrogen and oxygen atoms in total. The van der Waals surface area contributed by atoms with E-state index >= 15 is 0 Å². The SMILES string of the molecule is CSc1ccc(Cl)c(C(=O)Nc2cnn(Cc3ccc(Br)cc3)c2)c1. The monoisotopic (exact) mass is 435 g/mol. The highest BCUT2D eigenvalue weighted by molar-refractivity contribution is 9.10. The minimum Gasteiger partial charge on any atom is -0.319 e. The maximum absolute atomic E-state index is 12.5. The lowest BCUT2D eigenvalue weighted by atomic mass is 10.2. The summed E-state index contributed by atoms with van der Waals surface area (Å²) in [6.45, 7) is 0.631. The van der Waals surface area contributed by atoms with Crippen LogP contribution in [0.1, 0.15) is 15.9 Å². The Bertz CT molecular complexity index is 896. The highest BCUT2D eigenvalue weighted by Crippen LogP contribution is 2.24. The third kappa shape index (κ3) is 4.66. The molecule has 0 unspecified atom stereocenters. The summed E-state index contributed by atoms with van der Waals surface area (Å²) in [6, 6.07) is 13.4. The molecule has 7 heteroatoms. The molecule has 0 aliphatic carbocycles. The van der Waals surface area contributed by atoms with Crippen LogP contribution in [-0.4, -0.2) is 21.9 Å². The number of aromatic nitrogens is 2. The van der Waals surface area contributed by atoms with Crippen molar-refractivity contribution in [2.75, 3.05) is 11.6 Å². The fraction of sp³-hybridized carbons (Fsp3) is 0.111. The third-order valence-electron chi connectivity index (χ3n) is 3.57. The van der Waals surface area contributed by atoms with E-state index in [2.05, 4.69) is 26.3 Å². The first-order valence-electron chi connectivity index (χ1n) is 7.47. The predicted octanol–water partition coefficient (Wildman–Crippen LogP) is 5.32. The van der Waals surface area contributed by atoms with Gasteiger partial charge in [0.2, 0.25) is 0 Å². The Morgan fingerprint density at radius 1 is 1.28 bits per heavy atom. The van der Waals surface area contributed by atoms with Gasteiger partial charge in [0.15, 0.2) is 0 Å². The molecule has 1 aromatic heterocycles. The van der Waals surface area contributed by atoms with E-state index in [-0.39, 0.29) is 5.91 Å². The van der Waals surface area contributed by atoms with Crippen molar-refractivity contribution in [2.45, 2.75) is 11.4 Å². The molecular formula is C18H15BrClN3OS. The van der Waals surface area contributed by atoms with Crippen LogP contribution < -0.4 is 5.32 Å². The standard InChI is InChI=1S/C18H15BrClN3OS/c1-25-15-6-7-17(20)16(8-15)18(24)22-14-9-21-23(11-14)10-12-2-4-13(19)5-3-12/h2-9,11H,10H2,1H3,(H,22,24). The van der Waals surface area contributed by atoms with Crippen LogP contribution in [-0.2, 0) is 6.54 Å². The Morgan fingerprint density at radius 3 is 2.76 bits per heavy atom. The number of nitrogens with zero attached hydrogens (tertiary/aromatic N) is 2. The van der Waals surface area contributed by atoms with Gasteiger partial charge >= 0.3 is 0 Å². The van der Waals surface area contributed by atoms with Crippen molar-refractivity contribution in [1.29, 1.82) is 0 Å². The molecular weight excluding hydrogens is 422 g/mol. The Morgan fingerprint density at radius 2 is 2.04 bits per heavy atom. The minimum atomic E-state index is -0.246. The average Bonchev–Trinajstić information content (AvgIpc) is 3.04. The van der Waals surface area contributed by atoms with Gasteiger partial charge in [-0.3, -0.25) is 9.48 Å². The van der Waals surface area contributed by atoms with Crippen LogP contribution in [0.25, 0.3) is 0 Å². The smallest absolute Gasteiger partial charge is 0.257 e. The van der Waals surface area contributed by atoms with Gasteiger partial charge in [-0.2, -0.15) is 5.10 Å². The van der Waals surface area contributed by atoms with Crippen LogP contribution in [0.15, 0.2) is 64.2 Å². The lowest BCUT2D eigenvalue weighted by Gasteiger charge is -2.06. The molecule has 3 aromatic rings. The highest BCUT2D eigenvalue weighted by atomic mass is 79.9. The number of carbonyl (C=O) groups excluding carboxylic acids is 1. The number of amides is 1. The van der Waals surface area contributed by atoms with Gasteiger partial charge in [-0.25, -0.2) is 0 Å². The number of hydrogen-bond donors (Lipinski definition) is 1. The molecule has 1 N–H and O–H groups in total. The van der Waals surface area contributed by atoms with E-state index in [0.29, 0.717) is 22.8 Å². The summed E-state index contributed by atoms with van der Waals surface area (Å²) < 4.78 is 2.81. The van der Waals surface area contributed by atoms with Gasteiger partial charge < -0.3 is 5.32 Å². The van der Waals surface area contributed by atoms with E-state index in [9.17, 15) is 4.79 Å². The number of benzene rings is 2. The molecule has 0 aliphatic heterocycles. The molecule has 0 atom stereocenters. The van der Waals surface area contributed by atoms with Crippen molar-refractivity contribution < 1.29 is 4.79 Å². The fourth-order valence-electron chi connectivity index (χ4n) is 2.30. The Kier molecular flexibility index (Phi) is 5.83. The van der Waals surface area contributed by atoms with Crippen LogP contribution >= 0.6 is 39.3 Å². The summed E-state index contributed by atoms with van der Waals surface area (Å²) in [5.41, 5.74) is 2.21. The van der Waals surface area contributed by atoms with Gasteiger partial charge in [0.1, 0.15) is 0 Å². The summed E-state index contributed by atoms with van der Waals surface area (Å²) >= 11 is 11.1. The second kappa shape index (κ2) is 8.08. The number of nitrogens with one attached hydrogen (secondary N) is 1. The van der Waals surface area contributed by atoms with Crippen LogP contribution in [0.3, 0.4) is 0 Å². The number of thioether (sulfide) groups is 1. The van der Waals surface area contributed by atoms with Crippen molar-refractivity contribution in [2.24, 2.45) is 0 Å². The molecule has 128 valence electrons. The molecule has 0 saturated carbocycles. The number of rotatable bonds is 5. The molecule has 3 rings (SSSR count). The van der Waals surface area contributed by atoms with E-state index in [1.165, 1.54) is 0 Å². The second-order valence-corrected chi connectivity index (χ2v) is 7.56. The largest absolute Gasteiger partial charge is 0.319 e. The maximum atomic E-state index is 12.5. The molecule has 2 aromatic carbocycles. The first-order valence-corrected chi connectivity index (χ1v) is 9.86. The Hall–Kier alpha value is -1.76. The Labute approximate surface area is 163 Å². The van der Waals surface area contributed by atoms with Gasteiger partial charge in [-0.05, 0) is 42.2 Å². The van der Waals surface area contributed by atoms with Crippen molar-refractivity contribution in [3.8, 4) is 0 Å². The van der Waals surface area contributed by atoms with Gasteiger partial charge in [0.25, 0.3) is 5.91 Å². The zero-order chi connectivity index (χ0) is 17.8. The zero-order valence-corrected chi connectivity index (χ0v) is 16.5. The quantitative estimate of drug-likeness (QED) is 0.551. The minimum absolute atomic E-state index is 0.246. The Balaban J connectivity index is 1.70.